The molecule has 2 N–H and O–H groups in total. The van der Waals surface area contributed by atoms with Crippen LogP contribution in [0.5, 0.6) is 0 Å². The molecule has 2 atom stereocenters. The molecule has 1 saturated heterocycles. The summed E-state index contributed by atoms with van der Waals surface area (Å²) in [5, 5.41) is 5.83. The molecule has 2 aromatic rings. The normalized spacial score (nSPS) is 23.9. The van der Waals surface area contributed by atoms with Crippen molar-refractivity contribution >= 4 is 23.8 Å². The zero-order valence-corrected chi connectivity index (χ0v) is 16.8. The van der Waals surface area contributed by atoms with Crippen LogP contribution in [0, 0.1) is 17.2 Å². The van der Waals surface area contributed by atoms with Crippen LogP contribution in [0.3, 0.4) is 0 Å². The number of nitrogens with two attached hydrogens (primary N) is 1. The first-order chi connectivity index (χ1) is 15.0. The number of hydrazone groups is 1. The number of rotatable bonds is 4. The lowest BCUT2D eigenvalue weighted by Gasteiger charge is -2.40. The summed E-state index contributed by atoms with van der Waals surface area (Å²) in [6, 6.07) is 2.68. The number of anilines is 1. The Morgan fingerprint density at radius 2 is 2.03 bits per heavy atom. The van der Waals surface area contributed by atoms with Gasteiger partial charge < -0.3 is 10.6 Å². The van der Waals surface area contributed by atoms with Gasteiger partial charge in [-0.25, -0.2) is 19.4 Å². The summed E-state index contributed by atoms with van der Waals surface area (Å²) in [6.45, 7) is 1.29. The fourth-order valence-electron chi connectivity index (χ4n) is 4.74. The van der Waals surface area contributed by atoms with Crippen LogP contribution in [-0.4, -0.2) is 51.1 Å². The summed E-state index contributed by atoms with van der Waals surface area (Å²) in [5.41, 5.74) is 6.02. The standard InChI is InChI=1S/C21H22FN7O2/c22-14-7-13(9-24-10-14)17-1-5-27-29(17)20(31)15-2-6-28(11-21(15)3-4-21)18-8-16(19(23)30)25-12-26-18/h5,7-10,12,15,17H,1-4,6,11H2,(H2,23,30). The van der Waals surface area contributed by atoms with Gasteiger partial charge in [0.2, 0.25) is 5.91 Å². The lowest BCUT2D eigenvalue weighted by Crippen LogP contribution is -2.48. The van der Waals surface area contributed by atoms with Crippen molar-refractivity contribution in [2.24, 2.45) is 22.2 Å². The summed E-state index contributed by atoms with van der Waals surface area (Å²) in [7, 11) is 0. The second kappa shape index (κ2) is 7.36. The predicted molar refractivity (Wildman–Crippen MR) is 109 cm³/mol. The highest BCUT2D eigenvalue weighted by atomic mass is 19.1. The number of carbonyl (C=O) groups is 2. The van der Waals surface area contributed by atoms with Crippen LogP contribution in [0.1, 0.15) is 47.8 Å². The van der Waals surface area contributed by atoms with Gasteiger partial charge >= 0.3 is 0 Å². The van der Waals surface area contributed by atoms with E-state index in [1.807, 2.05) is 0 Å². The Bertz CT molecular complexity index is 1070. The van der Waals surface area contributed by atoms with Crippen LogP contribution < -0.4 is 10.6 Å². The molecule has 3 aliphatic rings. The average molecular weight is 423 g/mol. The van der Waals surface area contributed by atoms with Gasteiger partial charge in [0.05, 0.1) is 12.2 Å². The molecule has 0 radical (unpaired) electrons. The molecule has 1 aliphatic carbocycles. The maximum Gasteiger partial charge on any atom is 0.267 e. The minimum atomic E-state index is -0.598. The molecule has 2 aromatic heterocycles. The molecular weight excluding hydrogens is 401 g/mol. The first-order valence-corrected chi connectivity index (χ1v) is 10.3. The fourth-order valence-corrected chi connectivity index (χ4v) is 4.74. The van der Waals surface area contributed by atoms with Gasteiger partial charge in [0.25, 0.3) is 5.91 Å². The molecule has 10 heteroatoms. The number of piperidine rings is 1. The lowest BCUT2D eigenvalue weighted by atomic mass is 9.81. The molecule has 0 bridgehead atoms. The number of aromatic nitrogens is 3. The van der Waals surface area contributed by atoms with Crippen LogP contribution in [0.15, 0.2) is 36.0 Å². The number of pyridine rings is 1. The zero-order valence-electron chi connectivity index (χ0n) is 16.8. The predicted octanol–water partition coefficient (Wildman–Crippen LogP) is 1.68. The molecular formula is C21H22FN7O2. The molecule has 2 unspecified atom stereocenters. The first kappa shape index (κ1) is 19.5. The molecule has 2 aliphatic heterocycles. The van der Waals surface area contributed by atoms with E-state index in [0.29, 0.717) is 37.3 Å². The minimum absolute atomic E-state index is 0.0272. The molecule has 2 fully saturated rings. The van der Waals surface area contributed by atoms with Crippen LogP contribution >= 0.6 is 0 Å². The third-order valence-electron chi connectivity index (χ3n) is 6.52. The molecule has 2 amide bonds. The van der Waals surface area contributed by atoms with E-state index < -0.39 is 11.7 Å². The van der Waals surface area contributed by atoms with Crippen molar-refractivity contribution in [2.75, 3.05) is 18.0 Å². The highest BCUT2D eigenvalue weighted by molar-refractivity contribution is 5.91. The van der Waals surface area contributed by atoms with Gasteiger partial charge in [0.1, 0.15) is 23.7 Å². The monoisotopic (exact) mass is 423 g/mol. The molecule has 160 valence electrons. The average Bonchev–Trinajstić information content (AvgIpc) is 3.34. The summed E-state index contributed by atoms with van der Waals surface area (Å²) in [5.74, 6) is -0.575. The number of halogens is 1. The van der Waals surface area contributed by atoms with Crippen molar-refractivity contribution in [2.45, 2.75) is 31.7 Å². The second-order valence-corrected chi connectivity index (χ2v) is 8.42. The van der Waals surface area contributed by atoms with E-state index in [1.54, 1.807) is 18.5 Å². The fraction of sp³-hybridized carbons (Fsp3) is 0.429. The third-order valence-corrected chi connectivity index (χ3v) is 6.52. The van der Waals surface area contributed by atoms with Gasteiger partial charge in [0.15, 0.2) is 0 Å². The van der Waals surface area contributed by atoms with Crippen LogP contribution in [0.25, 0.3) is 0 Å². The number of carbonyl (C=O) groups excluding carboxylic acids is 2. The van der Waals surface area contributed by atoms with E-state index in [9.17, 15) is 14.0 Å². The number of primary amides is 1. The SMILES string of the molecule is NC(=O)c1cc(N2CCC(C(=O)N3N=CCC3c3cncc(F)c3)C3(CC3)C2)ncn1. The van der Waals surface area contributed by atoms with Crippen molar-refractivity contribution in [1.29, 1.82) is 0 Å². The topological polar surface area (TPSA) is 118 Å². The molecule has 1 saturated carbocycles. The van der Waals surface area contributed by atoms with E-state index in [-0.39, 0.29) is 29.0 Å². The van der Waals surface area contributed by atoms with E-state index >= 15 is 0 Å². The van der Waals surface area contributed by atoms with Gasteiger partial charge in [-0.2, -0.15) is 5.10 Å². The van der Waals surface area contributed by atoms with Gasteiger partial charge in [-0.3, -0.25) is 14.6 Å². The summed E-state index contributed by atoms with van der Waals surface area (Å²) in [4.78, 5) is 39.2. The van der Waals surface area contributed by atoms with Crippen molar-refractivity contribution in [3.8, 4) is 0 Å². The van der Waals surface area contributed by atoms with E-state index in [4.69, 9.17) is 5.73 Å². The van der Waals surface area contributed by atoms with Crippen LogP contribution in [0.2, 0.25) is 0 Å². The second-order valence-electron chi connectivity index (χ2n) is 8.42. The van der Waals surface area contributed by atoms with Crippen molar-refractivity contribution in [3.63, 3.8) is 0 Å². The Hall–Kier alpha value is -3.43. The third kappa shape index (κ3) is 3.51. The molecule has 31 heavy (non-hydrogen) atoms. The van der Waals surface area contributed by atoms with Crippen molar-refractivity contribution < 1.29 is 14.0 Å². The van der Waals surface area contributed by atoms with Gasteiger partial charge in [-0.1, -0.05) is 0 Å². The number of nitrogens with zero attached hydrogens (tertiary/aromatic N) is 6. The summed E-state index contributed by atoms with van der Waals surface area (Å²) < 4.78 is 13.7. The smallest absolute Gasteiger partial charge is 0.267 e. The van der Waals surface area contributed by atoms with Crippen molar-refractivity contribution in [1.82, 2.24) is 20.0 Å². The van der Waals surface area contributed by atoms with Crippen molar-refractivity contribution in [3.05, 3.63) is 47.9 Å². The maximum atomic E-state index is 13.7. The Balaban J connectivity index is 1.34. The molecule has 9 nitrogen and oxygen atoms in total. The maximum absolute atomic E-state index is 13.7. The van der Waals surface area contributed by atoms with Gasteiger partial charge in [-0.05, 0) is 36.3 Å². The Morgan fingerprint density at radius 3 is 2.77 bits per heavy atom. The summed E-state index contributed by atoms with van der Waals surface area (Å²) in [6.07, 6.45) is 8.85. The minimum Gasteiger partial charge on any atom is -0.364 e. The van der Waals surface area contributed by atoms with Gasteiger partial charge in [0, 0.05) is 43.9 Å². The number of amides is 2. The zero-order chi connectivity index (χ0) is 21.6. The molecule has 0 aromatic carbocycles. The van der Waals surface area contributed by atoms with E-state index in [2.05, 4.69) is 25.0 Å². The Labute approximate surface area is 178 Å². The quantitative estimate of drug-likeness (QED) is 0.799. The molecule has 1 spiro atoms. The summed E-state index contributed by atoms with van der Waals surface area (Å²) >= 11 is 0. The molecule has 5 rings (SSSR count). The number of hydrogen-bond acceptors (Lipinski definition) is 7. The Morgan fingerprint density at radius 1 is 1.19 bits per heavy atom. The first-order valence-electron chi connectivity index (χ1n) is 10.3. The Kier molecular flexibility index (Phi) is 4.64. The molecule has 4 heterocycles. The van der Waals surface area contributed by atoms with Crippen LogP contribution in [-0.2, 0) is 4.79 Å². The van der Waals surface area contributed by atoms with Crippen LogP contribution in [0.4, 0.5) is 10.2 Å². The van der Waals surface area contributed by atoms with E-state index in [1.165, 1.54) is 17.4 Å². The largest absolute Gasteiger partial charge is 0.364 e. The number of hydrogen-bond donors (Lipinski definition) is 1. The highest BCUT2D eigenvalue weighted by Crippen LogP contribution is 2.57. The lowest BCUT2D eigenvalue weighted by molar-refractivity contribution is -0.140. The van der Waals surface area contributed by atoms with Gasteiger partial charge in [-0.15, -0.1) is 0 Å². The highest BCUT2D eigenvalue weighted by Gasteiger charge is 2.56. The van der Waals surface area contributed by atoms with E-state index in [0.717, 1.165) is 19.0 Å².